The van der Waals surface area contributed by atoms with E-state index in [0.717, 1.165) is 11.3 Å². The van der Waals surface area contributed by atoms with Crippen molar-refractivity contribution in [2.45, 2.75) is 0 Å². The van der Waals surface area contributed by atoms with Gasteiger partial charge in [0.05, 0.1) is 29.0 Å². The molecule has 8 nitrogen and oxygen atoms in total. The number of anilines is 2. The molecule has 0 aliphatic carbocycles. The molecule has 0 unspecified atom stereocenters. The first-order chi connectivity index (χ1) is 14.5. The lowest BCUT2D eigenvalue weighted by molar-refractivity contribution is 0.102. The Morgan fingerprint density at radius 3 is 2.67 bits per heavy atom. The van der Waals surface area contributed by atoms with E-state index in [9.17, 15) is 4.79 Å². The van der Waals surface area contributed by atoms with Gasteiger partial charge < -0.3 is 10.2 Å². The maximum atomic E-state index is 12.9. The van der Waals surface area contributed by atoms with Crippen LogP contribution in [0.4, 0.5) is 11.4 Å². The molecule has 0 fully saturated rings. The molecule has 1 N–H and O–H groups in total. The normalized spacial score (nSPS) is 10.6. The zero-order valence-electron chi connectivity index (χ0n) is 16.9. The maximum Gasteiger partial charge on any atom is 0.274 e. The summed E-state index contributed by atoms with van der Waals surface area (Å²) < 4.78 is 1.64. The summed E-state index contributed by atoms with van der Waals surface area (Å²) in [6.45, 7) is 0. The Labute approximate surface area is 174 Å². The number of hydrogen-bond donors (Lipinski definition) is 1. The molecule has 0 aromatic carbocycles. The molecule has 0 saturated carbocycles. The molecule has 150 valence electrons. The minimum atomic E-state index is -0.321. The highest BCUT2D eigenvalue weighted by Gasteiger charge is 2.16. The molecular formula is C22H21N7O. The van der Waals surface area contributed by atoms with E-state index in [0.29, 0.717) is 28.5 Å². The van der Waals surface area contributed by atoms with Crippen molar-refractivity contribution in [2.75, 3.05) is 24.3 Å². The van der Waals surface area contributed by atoms with Gasteiger partial charge in [-0.05, 0) is 30.3 Å². The molecule has 0 bridgehead atoms. The van der Waals surface area contributed by atoms with E-state index in [2.05, 4.69) is 25.4 Å². The third-order valence-electron chi connectivity index (χ3n) is 4.50. The average molecular weight is 399 g/mol. The van der Waals surface area contributed by atoms with Gasteiger partial charge in [0, 0.05) is 45.3 Å². The van der Waals surface area contributed by atoms with Gasteiger partial charge in [0.15, 0.2) is 0 Å². The van der Waals surface area contributed by atoms with Gasteiger partial charge in [0.1, 0.15) is 11.4 Å². The molecule has 0 aliphatic rings. The van der Waals surface area contributed by atoms with E-state index >= 15 is 0 Å². The van der Waals surface area contributed by atoms with Crippen molar-refractivity contribution in [1.29, 1.82) is 0 Å². The number of rotatable bonds is 5. The van der Waals surface area contributed by atoms with Crippen LogP contribution >= 0.6 is 0 Å². The van der Waals surface area contributed by atoms with Crippen LogP contribution in [0.25, 0.3) is 22.6 Å². The van der Waals surface area contributed by atoms with Gasteiger partial charge in [-0.3, -0.25) is 19.4 Å². The summed E-state index contributed by atoms with van der Waals surface area (Å²) in [5.41, 5.74) is 4.64. The van der Waals surface area contributed by atoms with Crippen LogP contribution in [0.2, 0.25) is 0 Å². The molecule has 0 aliphatic heterocycles. The van der Waals surface area contributed by atoms with Gasteiger partial charge in [-0.15, -0.1) is 0 Å². The number of nitrogens with zero attached hydrogens (tertiary/aromatic N) is 6. The molecule has 1 amide bonds. The number of nitrogens with one attached hydrogen (secondary N) is 1. The van der Waals surface area contributed by atoms with Crippen LogP contribution in [0.15, 0.2) is 67.3 Å². The Balaban J connectivity index is 1.62. The van der Waals surface area contributed by atoms with Crippen molar-refractivity contribution in [3.8, 4) is 22.6 Å². The summed E-state index contributed by atoms with van der Waals surface area (Å²) in [5, 5.41) is 7.33. The molecule has 8 heteroatoms. The third-order valence-corrected chi connectivity index (χ3v) is 4.50. The number of hydrogen-bond acceptors (Lipinski definition) is 6. The summed E-state index contributed by atoms with van der Waals surface area (Å²) in [6, 6.07) is 12.9. The predicted molar refractivity (Wildman–Crippen MR) is 116 cm³/mol. The van der Waals surface area contributed by atoms with Gasteiger partial charge >= 0.3 is 0 Å². The van der Waals surface area contributed by atoms with Crippen molar-refractivity contribution in [2.24, 2.45) is 7.05 Å². The Morgan fingerprint density at radius 1 is 1.07 bits per heavy atom. The molecule has 0 atom stereocenters. The van der Waals surface area contributed by atoms with Crippen LogP contribution in [-0.4, -0.2) is 44.7 Å². The fourth-order valence-electron chi connectivity index (χ4n) is 2.99. The first kappa shape index (κ1) is 19.3. The highest BCUT2D eigenvalue weighted by Crippen LogP contribution is 2.25. The molecule has 0 spiro atoms. The van der Waals surface area contributed by atoms with Crippen LogP contribution in [0.1, 0.15) is 10.5 Å². The van der Waals surface area contributed by atoms with Crippen molar-refractivity contribution < 1.29 is 4.79 Å². The standard InChI is InChI=1S/C22H21N7O/c1-28(2)16-11-15(12-23-13-16)17-8-6-9-19(25-17)22(30)26-20-14-29(3)27-21(20)18-7-4-5-10-24-18/h4-14H,1-3H3,(H,26,30). The second kappa shape index (κ2) is 8.12. The van der Waals surface area contributed by atoms with Crippen molar-refractivity contribution >= 4 is 17.3 Å². The summed E-state index contributed by atoms with van der Waals surface area (Å²) in [4.78, 5) is 28.0. The molecule has 4 rings (SSSR count). The van der Waals surface area contributed by atoms with Gasteiger partial charge in [0.2, 0.25) is 0 Å². The lowest BCUT2D eigenvalue weighted by Crippen LogP contribution is -2.14. The molecule has 4 heterocycles. The molecule has 4 aromatic rings. The molecule has 4 aromatic heterocycles. The van der Waals surface area contributed by atoms with Crippen LogP contribution in [0.5, 0.6) is 0 Å². The molecule has 0 saturated heterocycles. The maximum absolute atomic E-state index is 12.9. The summed E-state index contributed by atoms with van der Waals surface area (Å²) in [6.07, 6.45) is 6.95. The molecule has 0 radical (unpaired) electrons. The Hall–Kier alpha value is -4.07. The largest absolute Gasteiger partial charge is 0.376 e. The van der Waals surface area contributed by atoms with Crippen LogP contribution in [0.3, 0.4) is 0 Å². The Kier molecular flexibility index (Phi) is 5.21. The van der Waals surface area contributed by atoms with Gasteiger partial charge in [0.25, 0.3) is 5.91 Å². The van der Waals surface area contributed by atoms with E-state index < -0.39 is 0 Å². The van der Waals surface area contributed by atoms with E-state index in [4.69, 9.17) is 0 Å². The number of amides is 1. The van der Waals surface area contributed by atoms with Crippen molar-refractivity contribution in [3.63, 3.8) is 0 Å². The summed E-state index contributed by atoms with van der Waals surface area (Å²) in [5.74, 6) is -0.321. The number of carbonyl (C=O) groups excluding carboxylic acids is 1. The SMILES string of the molecule is CN(C)c1cncc(-c2cccc(C(=O)Nc3cn(C)nc3-c3ccccn3)n2)c1. The third kappa shape index (κ3) is 4.02. The van der Waals surface area contributed by atoms with E-state index in [1.54, 1.807) is 42.6 Å². The molecular weight excluding hydrogens is 378 g/mol. The lowest BCUT2D eigenvalue weighted by atomic mass is 10.1. The predicted octanol–water partition coefficient (Wildman–Crippen LogP) is 3.26. The van der Waals surface area contributed by atoms with E-state index in [1.165, 1.54) is 0 Å². The molecule has 30 heavy (non-hydrogen) atoms. The minimum Gasteiger partial charge on any atom is -0.376 e. The van der Waals surface area contributed by atoms with Crippen molar-refractivity contribution in [3.05, 3.63) is 72.9 Å². The van der Waals surface area contributed by atoms with E-state index in [1.807, 2.05) is 55.4 Å². The highest BCUT2D eigenvalue weighted by atomic mass is 16.1. The fraction of sp³-hybridized carbons (Fsp3) is 0.136. The van der Waals surface area contributed by atoms with Crippen molar-refractivity contribution in [1.82, 2.24) is 24.7 Å². The number of aromatic nitrogens is 5. The number of pyridine rings is 3. The second-order valence-electron chi connectivity index (χ2n) is 6.97. The zero-order chi connectivity index (χ0) is 21.1. The fourth-order valence-corrected chi connectivity index (χ4v) is 2.99. The van der Waals surface area contributed by atoms with Crippen LogP contribution < -0.4 is 10.2 Å². The van der Waals surface area contributed by atoms with Gasteiger partial charge in [-0.1, -0.05) is 12.1 Å². The second-order valence-corrected chi connectivity index (χ2v) is 6.97. The van der Waals surface area contributed by atoms with Gasteiger partial charge in [-0.2, -0.15) is 5.10 Å². The highest BCUT2D eigenvalue weighted by molar-refractivity contribution is 6.04. The quantitative estimate of drug-likeness (QED) is 0.554. The average Bonchev–Trinajstić information content (AvgIpc) is 3.14. The first-order valence-corrected chi connectivity index (χ1v) is 9.37. The number of carbonyl (C=O) groups is 1. The monoisotopic (exact) mass is 399 g/mol. The zero-order valence-corrected chi connectivity index (χ0v) is 16.9. The smallest absolute Gasteiger partial charge is 0.274 e. The first-order valence-electron chi connectivity index (χ1n) is 9.37. The van der Waals surface area contributed by atoms with Crippen LogP contribution in [-0.2, 0) is 7.05 Å². The van der Waals surface area contributed by atoms with Crippen LogP contribution in [0, 0.1) is 0 Å². The minimum absolute atomic E-state index is 0.304. The summed E-state index contributed by atoms with van der Waals surface area (Å²) >= 11 is 0. The lowest BCUT2D eigenvalue weighted by Gasteiger charge is -2.13. The van der Waals surface area contributed by atoms with Gasteiger partial charge in [-0.25, -0.2) is 4.98 Å². The van der Waals surface area contributed by atoms with E-state index in [-0.39, 0.29) is 5.91 Å². The Bertz CT molecular complexity index is 1190. The Morgan fingerprint density at radius 2 is 1.90 bits per heavy atom. The topological polar surface area (TPSA) is 88.8 Å². The summed E-state index contributed by atoms with van der Waals surface area (Å²) in [7, 11) is 5.70. The number of aryl methyl sites for hydroxylation is 1.